The van der Waals surface area contributed by atoms with Crippen molar-refractivity contribution >= 4 is 11.6 Å². The van der Waals surface area contributed by atoms with Crippen LogP contribution in [-0.2, 0) is 6.54 Å². The monoisotopic (exact) mass is 180 g/mol. The second-order valence-corrected chi connectivity index (χ2v) is 2.92. The fourth-order valence-electron chi connectivity index (χ4n) is 1.10. The van der Waals surface area contributed by atoms with Gasteiger partial charge in [0.2, 0.25) is 0 Å². The topological polar surface area (TPSA) is 49.8 Å². The molecule has 0 aliphatic carbocycles. The van der Waals surface area contributed by atoms with Crippen molar-refractivity contribution < 1.29 is 0 Å². The summed E-state index contributed by atoms with van der Waals surface area (Å²) in [5.74, 6) is 0. The van der Waals surface area contributed by atoms with E-state index in [4.69, 9.17) is 22.6 Å². The van der Waals surface area contributed by atoms with Crippen LogP contribution >= 0.6 is 11.6 Å². The molecular formula is C9H9ClN2. The van der Waals surface area contributed by atoms with Gasteiger partial charge in [0.05, 0.1) is 11.6 Å². The molecule has 0 bridgehead atoms. The molecule has 0 spiro atoms. The molecule has 0 saturated carbocycles. The van der Waals surface area contributed by atoms with Gasteiger partial charge in [0, 0.05) is 11.6 Å². The fourth-order valence-corrected chi connectivity index (χ4v) is 1.38. The molecule has 12 heavy (non-hydrogen) atoms. The molecule has 1 aromatic carbocycles. The van der Waals surface area contributed by atoms with E-state index < -0.39 is 0 Å². The van der Waals surface area contributed by atoms with Crippen LogP contribution in [0.1, 0.15) is 16.7 Å². The van der Waals surface area contributed by atoms with Crippen LogP contribution in [0.3, 0.4) is 0 Å². The second-order valence-electron chi connectivity index (χ2n) is 2.51. The maximum absolute atomic E-state index is 8.70. The summed E-state index contributed by atoms with van der Waals surface area (Å²) in [7, 11) is 0. The fraction of sp³-hybridized carbons (Fsp3) is 0.222. The first-order chi connectivity index (χ1) is 5.70. The lowest BCUT2D eigenvalue weighted by molar-refractivity contribution is 1.05. The van der Waals surface area contributed by atoms with Crippen molar-refractivity contribution in [1.29, 1.82) is 5.26 Å². The zero-order chi connectivity index (χ0) is 9.14. The van der Waals surface area contributed by atoms with Gasteiger partial charge in [-0.15, -0.1) is 0 Å². The smallest absolute Gasteiger partial charge is 0.0994 e. The first-order valence-corrected chi connectivity index (χ1v) is 3.96. The van der Waals surface area contributed by atoms with Crippen LogP contribution in [0.15, 0.2) is 12.1 Å². The maximum Gasteiger partial charge on any atom is 0.0994 e. The van der Waals surface area contributed by atoms with E-state index >= 15 is 0 Å². The minimum Gasteiger partial charge on any atom is -0.326 e. The molecule has 1 rings (SSSR count). The number of benzene rings is 1. The molecule has 0 atom stereocenters. The van der Waals surface area contributed by atoms with Gasteiger partial charge in [-0.2, -0.15) is 5.26 Å². The van der Waals surface area contributed by atoms with E-state index in [1.165, 1.54) is 0 Å². The lowest BCUT2D eigenvalue weighted by Crippen LogP contribution is -2.01. The molecule has 0 aromatic heterocycles. The highest BCUT2D eigenvalue weighted by Crippen LogP contribution is 2.21. The molecule has 0 amide bonds. The normalized spacial score (nSPS) is 9.50. The molecule has 1 aromatic rings. The van der Waals surface area contributed by atoms with Gasteiger partial charge in [0.25, 0.3) is 0 Å². The highest BCUT2D eigenvalue weighted by Gasteiger charge is 2.05. The molecule has 0 aliphatic rings. The lowest BCUT2D eigenvalue weighted by atomic mass is 10.0. The van der Waals surface area contributed by atoms with Gasteiger partial charge < -0.3 is 5.73 Å². The van der Waals surface area contributed by atoms with E-state index in [9.17, 15) is 0 Å². The van der Waals surface area contributed by atoms with Crippen molar-refractivity contribution in [2.45, 2.75) is 13.5 Å². The van der Waals surface area contributed by atoms with Gasteiger partial charge >= 0.3 is 0 Å². The van der Waals surface area contributed by atoms with Crippen molar-refractivity contribution in [2.75, 3.05) is 0 Å². The van der Waals surface area contributed by atoms with E-state index in [0.717, 1.165) is 11.1 Å². The Balaban J connectivity index is 3.36. The molecular weight excluding hydrogens is 172 g/mol. The molecule has 3 heteroatoms. The third kappa shape index (κ3) is 1.42. The Morgan fingerprint density at radius 3 is 2.75 bits per heavy atom. The van der Waals surface area contributed by atoms with Gasteiger partial charge in [-0.3, -0.25) is 0 Å². The van der Waals surface area contributed by atoms with Gasteiger partial charge in [-0.05, 0) is 30.2 Å². The van der Waals surface area contributed by atoms with Crippen LogP contribution in [-0.4, -0.2) is 0 Å². The van der Waals surface area contributed by atoms with E-state index in [1.54, 1.807) is 12.1 Å². The standard InChI is InChI=1S/C9H9ClN2/c1-6-7(4-11)2-3-9(10)8(6)5-12/h2-3H,5,12H2,1H3. The number of nitrogens with zero attached hydrogens (tertiary/aromatic N) is 1. The van der Waals surface area contributed by atoms with E-state index in [-0.39, 0.29) is 0 Å². The largest absolute Gasteiger partial charge is 0.326 e. The lowest BCUT2D eigenvalue weighted by Gasteiger charge is -2.06. The van der Waals surface area contributed by atoms with Gasteiger partial charge in [0.15, 0.2) is 0 Å². The zero-order valence-corrected chi connectivity index (χ0v) is 7.52. The third-order valence-corrected chi connectivity index (χ3v) is 2.22. The van der Waals surface area contributed by atoms with Crippen LogP contribution in [0.5, 0.6) is 0 Å². The van der Waals surface area contributed by atoms with Crippen LogP contribution in [0.25, 0.3) is 0 Å². The molecule has 0 saturated heterocycles. The Hall–Kier alpha value is -1.04. The summed E-state index contributed by atoms with van der Waals surface area (Å²) in [5.41, 5.74) is 7.86. The average Bonchev–Trinajstić information content (AvgIpc) is 2.06. The van der Waals surface area contributed by atoms with Gasteiger partial charge in [0.1, 0.15) is 0 Å². The number of rotatable bonds is 1. The molecule has 2 nitrogen and oxygen atoms in total. The quantitative estimate of drug-likeness (QED) is 0.719. The highest BCUT2D eigenvalue weighted by molar-refractivity contribution is 6.31. The van der Waals surface area contributed by atoms with Crippen LogP contribution in [0.4, 0.5) is 0 Å². The van der Waals surface area contributed by atoms with Crippen molar-refractivity contribution in [3.63, 3.8) is 0 Å². The molecule has 0 fully saturated rings. The summed E-state index contributed by atoms with van der Waals surface area (Å²) in [4.78, 5) is 0. The Morgan fingerprint density at radius 1 is 1.58 bits per heavy atom. The maximum atomic E-state index is 8.70. The summed E-state index contributed by atoms with van der Waals surface area (Å²) in [6, 6.07) is 5.49. The minimum absolute atomic E-state index is 0.375. The van der Waals surface area contributed by atoms with E-state index in [1.807, 2.05) is 6.92 Å². The summed E-state index contributed by atoms with van der Waals surface area (Å²) >= 11 is 5.87. The second kappa shape index (κ2) is 3.57. The molecule has 0 heterocycles. The number of hydrogen-bond acceptors (Lipinski definition) is 2. The van der Waals surface area contributed by atoms with Crippen molar-refractivity contribution in [3.05, 3.63) is 33.8 Å². The van der Waals surface area contributed by atoms with Crippen LogP contribution in [0.2, 0.25) is 5.02 Å². The predicted molar refractivity (Wildman–Crippen MR) is 48.8 cm³/mol. The Morgan fingerprint density at radius 2 is 2.25 bits per heavy atom. The highest BCUT2D eigenvalue weighted by atomic mass is 35.5. The van der Waals surface area contributed by atoms with Crippen LogP contribution in [0, 0.1) is 18.3 Å². The Kier molecular flexibility index (Phi) is 2.69. The molecule has 0 radical (unpaired) electrons. The summed E-state index contributed by atoms with van der Waals surface area (Å²) < 4.78 is 0. The number of nitriles is 1. The molecule has 62 valence electrons. The summed E-state index contributed by atoms with van der Waals surface area (Å²) in [6.07, 6.45) is 0. The van der Waals surface area contributed by atoms with Crippen LogP contribution < -0.4 is 5.73 Å². The molecule has 2 N–H and O–H groups in total. The minimum atomic E-state index is 0.375. The Labute approximate surface area is 76.6 Å². The van der Waals surface area contributed by atoms with E-state index in [0.29, 0.717) is 17.1 Å². The van der Waals surface area contributed by atoms with Gasteiger partial charge in [-0.25, -0.2) is 0 Å². The summed E-state index contributed by atoms with van der Waals surface area (Å²) in [6.45, 7) is 2.23. The van der Waals surface area contributed by atoms with Gasteiger partial charge in [-0.1, -0.05) is 11.6 Å². The van der Waals surface area contributed by atoms with Crippen molar-refractivity contribution in [2.24, 2.45) is 5.73 Å². The van der Waals surface area contributed by atoms with E-state index in [2.05, 4.69) is 6.07 Å². The first-order valence-electron chi connectivity index (χ1n) is 3.59. The average molecular weight is 181 g/mol. The third-order valence-electron chi connectivity index (χ3n) is 1.87. The number of nitrogens with two attached hydrogens (primary N) is 1. The predicted octanol–water partition coefficient (Wildman–Crippen LogP) is 1.98. The van der Waals surface area contributed by atoms with Crippen molar-refractivity contribution in [3.8, 4) is 6.07 Å². The molecule has 0 aliphatic heterocycles. The SMILES string of the molecule is Cc1c(C#N)ccc(Cl)c1CN. The zero-order valence-electron chi connectivity index (χ0n) is 6.76. The first kappa shape index (κ1) is 9.05. The molecule has 0 unspecified atom stereocenters. The summed E-state index contributed by atoms with van der Waals surface area (Å²) in [5, 5.41) is 9.33. The Bertz CT molecular complexity index is 339. The number of halogens is 1. The van der Waals surface area contributed by atoms with Crippen molar-refractivity contribution in [1.82, 2.24) is 0 Å². The number of hydrogen-bond donors (Lipinski definition) is 1.